The summed E-state index contributed by atoms with van der Waals surface area (Å²) < 4.78 is 0. The van der Waals surface area contributed by atoms with Crippen LogP contribution in [-0.2, 0) is 4.79 Å². The number of hydrogen-bond acceptors (Lipinski definition) is 3. The number of nitrogens with one attached hydrogen (secondary N) is 1. The standard InChI is InChI=1S/C19H29N3O2/c1-4-21(5-2)19(24)16-9-11-17(12-10-16)20-18(23)14-22-13-7-6-8-15(22)3/h9-12,15H,4-8,13-14H2,1-3H3,(H,20,23). The zero-order chi connectivity index (χ0) is 17.5. The first kappa shape index (κ1) is 18.5. The predicted molar refractivity (Wildman–Crippen MR) is 97.2 cm³/mol. The summed E-state index contributed by atoms with van der Waals surface area (Å²) in [6.07, 6.45) is 3.58. The summed E-state index contributed by atoms with van der Waals surface area (Å²) in [5.74, 6) is 0.0339. The van der Waals surface area contributed by atoms with Crippen molar-refractivity contribution in [2.75, 3.05) is 31.5 Å². The topological polar surface area (TPSA) is 52.7 Å². The van der Waals surface area contributed by atoms with Gasteiger partial charge < -0.3 is 10.2 Å². The summed E-state index contributed by atoms with van der Waals surface area (Å²) in [6, 6.07) is 7.63. The highest BCUT2D eigenvalue weighted by atomic mass is 16.2. The first-order chi connectivity index (χ1) is 11.5. The lowest BCUT2D eigenvalue weighted by molar-refractivity contribution is -0.118. The highest BCUT2D eigenvalue weighted by molar-refractivity contribution is 5.96. The van der Waals surface area contributed by atoms with Crippen molar-refractivity contribution >= 4 is 17.5 Å². The van der Waals surface area contributed by atoms with Crippen LogP contribution in [0.1, 0.15) is 50.4 Å². The quantitative estimate of drug-likeness (QED) is 0.872. The smallest absolute Gasteiger partial charge is 0.253 e. The Labute approximate surface area is 145 Å². The number of carbonyl (C=O) groups is 2. The molecule has 1 heterocycles. The number of likely N-dealkylation sites (tertiary alicyclic amines) is 1. The van der Waals surface area contributed by atoms with E-state index in [-0.39, 0.29) is 11.8 Å². The van der Waals surface area contributed by atoms with Gasteiger partial charge >= 0.3 is 0 Å². The number of amides is 2. The Bertz CT molecular complexity index is 552. The minimum atomic E-state index is 0.00608. The molecule has 1 fully saturated rings. The Balaban J connectivity index is 1.91. The maximum atomic E-state index is 12.3. The molecule has 1 aromatic carbocycles. The number of hydrogen-bond donors (Lipinski definition) is 1. The molecule has 0 bridgehead atoms. The molecule has 2 rings (SSSR count). The van der Waals surface area contributed by atoms with Crippen LogP contribution in [0.2, 0.25) is 0 Å². The van der Waals surface area contributed by atoms with Crippen LogP contribution in [-0.4, -0.2) is 53.8 Å². The van der Waals surface area contributed by atoms with Crippen molar-refractivity contribution in [3.8, 4) is 0 Å². The van der Waals surface area contributed by atoms with Crippen LogP contribution in [0, 0.1) is 0 Å². The van der Waals surface area contributed by atoms with E-state index in [0.717, 1.165) is 18.7 Å². The Hall–Kier alpha value is -1.88. The third-order valence-corrected chi connectivity index (χ3v) is 4.75. The van der Waals surface area contributed by atoms with Crippen molar-refractivity contribution in [1.29, 1.82) is 0 Å². The fourth-order valence-corrected chi connectivity index (χ4v) is 3.17. The lowest BCUT2D eigenvalue weighted by Crippen LogP contribution is -2.42. The number of piperidine rings is 1. The van der Waals surface area contributed by atoms with Gasteiger partial charge in [-0.15, -0.1) is 0 Å². The second-order valence-corrected chi connectivity index (χ2v) is 6.42. The molecule has 1 aliphatic heterocycles. The van der Waals surface area contributed by atoms with Crippen LogP contribution < -0.4 is 5.32 Å². The molecule has 24 heavy (non-hydrogen) atoms. The molecule has 0 saturated carbocycles. The lowest BCUT2D eigenvalue weighted by atomic mass is 10.0. The SMILES string of the molecule is CCN(CC)C(=O)c1ccc(NC(=O)CN2CCCCC2C)cc1. The molecule has 0 radical (unpaired) electrons. The molecule has 1 N–H and O–H groups in total. The highest BCUT2D eigenvalue weighted by Gasteiger charge is 2.20. The molecular formula is C19H29N3O2. The monoisotopic (exact) mass is 331 g/mol. The van der Waals surface area contributed by atoms with Crippen LogP contribution in [0.15, 0.2) is 24.3 Å². The molecule has 0 aromatic heterocycles. The van der Waals surface area contributed by atoms with E-state index >= 15 is 0 Å². The second-order valence-electron chi connectivity index (χ2n) is 6.42. The van der Waals surface area contributed by atoms with Gasteiger partial charge in [0.15, 0.2) is 0 Å². The lowest BCUT2D eigenvalue weighted by Gasteiger charge is -2.32. The van der Waals surface area contributed by atoms with Gasteiger partial charge in [-0.3, -0.25) is 14.5 Å². The Morgan fingerprint density at radius 2 is 1.83 bits per heavy atom. The van der Waals surface area contributed by atoms with Crippen LogP contribution in [0.3, 0.4) is 0 Å². The third kappa shape index (κ3) is 4.81. The van der Waals surface area contributed by atoms with Crippen molar-refractivity contribution in [2.24, 2.45) is 0 Å². The zero-order valence-electron chi connectivity index (χ0n) is 15.0. The van der Waals surface area contributed by atoms with E-state index in [2.05, 4.69) is 17.1 Å². The van der Waals surface area contributed by atoms with Gasteiger partial charge in [0.25, 0.3) is 5.91 Å². The maximum absolute atomic E-state index is 12.3. The Kier molecular flexibility index (Phi) is 6.79. The number of anilines is 1. The van der Waals surface area contributed by atoms with Crippen molar-refractivity contribution in [3.05, 3.63) is 29.8 Å². The molecule has 5 heteroatoms. The summed E-state index contributed by atoms with van der Waals surface area (Å²) in [5, 5.41) is 2.93. The molecule has 2 amide bonds. The number of benzene rings is 1. The molecule has 0 aliphatic carbocycles. The van der Waals surface area contributed by atoms with E-state index in [4.69, 9.17) is 0 Å². The van der Waals surface area contributed by atoms with Gasteiger partial charge in [0.05, 0.1) is 6.54 Å². The first-order valence-electron chi connectivity index (χ1n) is 8.98. The minimum absolute atomic E-state index is 0.00608. The van der Waals surface area contributed by atoms with Gasteiger partial charge in [0.2, 0.25) is 5.91 Å². The predicted octanol–water partition coefficient (Wildman–Crippen LogP) is 2.98. The fourth-order valence-electron chi connectivity index (χ4n) is 3.17. The largest absolute Gasteiger partial charge is 0.339 e. The van der Waals surface area contributed by atoms with Crippen molar-refractivity contribution in [1.82, 2.24) is 9.80 Å². The van der Waals surface area contributed by atoms with Crippen LogP contribution in [0.5, 0.6) is 0 Å². The molecule has 1 aromatic rings. The molecular weight excluding hydrogens is 302 g/mol. The third-order valence-electron chi connectivity index (χ3n) is 4.75. The second kappa shape index (κ2) is 8.83. The van der Waals surface area contributed by atoms with Crippen molar-refractivity contribution < 1.29 is 9.59 Å². The van der Waals surface area contributed by atoms with E-state index in [1.165, 1.54) is 12.8 Å². The van der Waals surface area contributed by atoms with E-state index in [1.54, 1.807) is 29.2 Å². The number of rotatable bonds is 6. The van der Waals surface area contributed by atoms with Crippen LogP contribution >= 0.6 is 0 Å². The summed E-state index contributed by atoms with van der Waals surface area (Å²) in [5.41, 5.74) is 1.39. The summed E-state index contributed by atoms with van der Waals surface area (Å²) in [6.45, 7) is 8.94. The van der Waals surface area contributed by atoms with Crippen LogP contribution in [0.25, 0.3) is 0 Å². The average Bonchev–Trinajstić information content (AvgIpc) is 2.58. The van der Waals surface area contributed by atoms with E-state index in [1.807, 2.05) is 13.8 Å². The van der Waals surface area contributed by atoms with Gasteiger partial charge in [-0.25, -0.2) is 0 Å². The van der Waals surface area contributed by atoms with Crippen molar-refractivity contribution in [3.63, 3.8) is 0 Å². The Morgan fingerprint density at radius 1 is 1.17 bits per heavy atom. The molecule has 1 atom stereocenters. The summed E-state index contributed by atoms with van der Waals surface area (Å²) >= 11 is 0. The molecule has 1 unspecified atom stereocenters. The average molecular weight is 331 g/mol. The number of nitrogens with zero attached hydrogens (tertiary/aromatic N) is 2. The van der Waals surface area contributed by atoms with Gasteiger partial charge in [0, 0.05) is 30.4 Å². The highest BCUT2D eigenvalue weighted by Crippen LogP contribution is 2.16. The van der Waals surface area contributed by atoms with Crippen molar-refractivity contribution in [2.45, 2.75) is 46.1 Å². The molecule has 132 valence electrons. The first-order valence-corrected chi connectivity index (χ1v) is 8.98. The summed E-state index contributed by atoms with van der Waals surface area (Å²) in [4.78, 5) is 28.5. The fraction of sp³-hybridized carbons (Fsp3) is 0.579. The molecule has 5 nitrogen and oxygen atoms in total. The van der Waals surface area contributed by atoms with Gasteiger partial charge in [0.1, 0.15) is 0 Å². The van der Waals surface area contributed by atoms with E-state index in [0.29, 0.717) is 31.2 Å². The normalized spacial score (nSPS) is 18.2. The molecule has 1 saturated heterocycles. The van der Waals surface area contributed by atoms with E-state index < -0.39 is 0 Å². The number of carbonyl (C=O) groups excluding carboxylic acids is 2. The molecule has 0 spiro atoms. The Morgan fingerprint density at radius 3 is 2.42 bits per heavy atom. The maximum Gasteiger partial charge on any atom is 0.253 e. The summed E-state index contributed by atoms with van der Waals surface area (Å²) in [7, 11) is 0. The molecule has 1 aliphatic rings. The van der Waals surface area contributed by atoms with Gasteiger partial charge in [-0.1, -0.05) is 6.42 Å². The zero-order valence-corrected chi connectivity index (χ0v) is 15.0. The van der Waals surface area contributed by atoms with Crippen LogP contribution in [0.4, 0.5) is 5.69 Å². The minimum Gasteiger partial charge on any atom is -0.339 e. The van der Waals surface area contributed by atoms with Gasteiger partial charge in [-0.05, 0) is 64.4 Å². The van der Waals surface area contributed by atoms with Gasteiger partial charge in [-0.2, -0.15) is 0 Å². The van der Waals surface area contributed by atoms with E-state index in [9.17, 15) is 9.59 Å².